The van der Waals surface area contributed by atoms with Gasteiger partial charge in [0.2, 0.25) is 5.91 Å². The fraction of sp³-hybridized carbons (Fsp3) is 0.174. The third kappa shape index (κ3) is 5.64. The van der Waals surface area contributed by atoms with E-state index in [1.165, 1.54) is 20.1 Å². The van der Waals surface area contributed by atoms with E-state index in [4.69, 9.17) is 13.9 Å². The molecule has 0 spiro atoms. The van der Waals surface area contributed by atoms with Crippen LogP contribution in [0, 0.1) is 11.8 Å². The van der Waals surface area contributed by atoms with Crippen molar-refractivity contribution < 1.29 is 23.5 Å². The van der Waals surface area contributed by atoms with Gasteiger partial charge in [0.25, 0.3) is 5.91 Å². The Kier molecular flexibility index (Phi) is 6.91. The maximum Gasteiger partial charge on any atom is 0.349 e. The normalized spacial score (nSPS) is 10.0. The lowest BCUT2D eigenvalue weighted by molar-refractivity contribution is -0.114. The average Bonchev–Trinajstić information content (AvgIpc) is 2.75. The lowest BCUT2D eigenvalue weighted by Crippen LogP contribution is -2.28. The highest BCUT2D eigenvalue weighted by Crippen LogP contribution is 2.24. The number of fused-ring (bicyclic) bond motifs is 1. The van der Waals surface area contributed by atoms with Gasteiger partial charge in [-0.3, -0.25) is 9.59 Å². The Morgan fingerprint density at radius 2 is 1.90 bits per heavy atom. The molecule has 1 heterocycles. The Labute approximate surface area is 178 Å². The molecule has 8 heteroatoms. The van der Waals surface area contributed by atoms with Crippen LogP contribution in [-0.2, 0) is 4.79 Å². The molecule has 0 bridgehead atoms. The lowest BCUT2D eigenvalue weighted by Gasteiger charge is -2.06. The second-order valence-corrected chi connectivity index (χ2v) is 6.36. The molecule has 1 aromatic heterocycles. The van der Waals surface area contributed by atoms with Crippen LogP contribution in [0.5, 0.6) is 11.5 Å². The van der Waals surface area contributed by atoms with Gasteiger partial charge in [-0.1, -0.05) is 30.0 Å². The number of ether oxygens (including phenoxy) is 2. The molecule has 2 N–H and O–H groups in total. The molecule has 2 amide bonds. The van der Waals surface area contributed by atoms with Gasteiger partial charge in [-0.2, -0.15) is 0 Å². The van der Waals surface area contributed by atoms with Crippen LogP contribution in [-0.4, -0.2) is 32.1 Å². The highest BCUT2D eigenvalue weighted by molar-refractivity contribution is 5.97. The summed E-state index contributed by atoms with van der Waals surface area (Å²) in [5.41, 5.74) is 0.0292. The zero-order valence-corrected chi connectivity index (χ0v) is 17.0. The minimum absolute atomic E-state index is 0.0315. The Morgan fingerprint density at radius 3 is 2.68 bits per heavy atom. The molecule has 3 aromatic rings. The van der Waals surface area contributed by atoms with Crippen molar-refractivity contribution in [1.82, 2.24) is 5.32 Å². The van der Waals surface area contributed by atoms with E-state index in [9.17, 15) is 14.4 Å². The lowest BCUT2D eigenvalue weighted by atomic mass is 10.1. The molecular weight excluding hydrogens is 400 g/mol. The molecule has 0 saturated heterocycles. The quantitative estimate of drug-likeness (QED) is 0.469. The molecule has 2 aromatic carbocycles. The van der Waals surface area contributed by atoms with Crippen molar-refractivity contribution in [2.45, 2.75) is 6.92 Å². The molecule has 0 unspecified atom stereocenters. The standard InChI is InChI=1S/C23H20N2O6/c1-15(26)25-17-8-6-9-18(14-17)30-12-4-3-11-24-22(27)19-13-16-7-5-10-20(29-2)21(16)31-23(19)28/h5-10,13-14H,11-12H2,1-2H3,(H,24,27)(H,25,26). The van der Waals surface area contributed by atoms with Crippen molar-refractivity contribution in [1.29, 1.82) is 0 Å². The highest BCUT2D eigenvalue weighted by atomic mass is 16.5. The second kappa shape index (κ2) is 9.98. The van der Waals surface area contributed by atoms with Gasteiger partial charge >= 0.3 is 5.63 Å². The van der Waals surface area contributed by atoms with Gasteiger partial charge in [0.05, 0.1) is 13.7 Å². The van der Waals surface area contributed by atoms with Crippen molar-refractivity contribution in [3.05, 3.63) is 64.5 Å². The first kappa shape index (κ1) is 21.5. The minimum atomic E-state index is -0.759. The van der Waals surface area contributed by atoms with E-state index in [2.05, 4.69) is 22.5 Å². The number of rotatable bonds is 6. The number of nitrogens with one attached hydrogen (secondary N) is 2. The second-order valence-electron chi connectivity index (χ2n) is 6.36. The number of carbonyl (C=O) groups is 2. The number of methoxy groups -OCH3 is 1. The monoisotopic (exact) mass is 420 g/mol. The van der Waals surface area contributed by atoms with Gasteiger partial charge in [0, 0.05) is 24.1 Å². The fourth-order valence-electron chi connectivity index (χ4n) is 2.76. The molecule has 0 fully saturated rings. The molecule has 0 aliphatic heterocycles. The van der Waals surface area contributed by atoms with E-state index in [1.54, 1.807) is 42.5 Å². The largest absolute Gasteiger partial charge is 0.493 e. The summed E-state index contributed by atoms with van der Waals surface area (Å²) in [5, 5.41) is 5.79. The summed E-state index contributed by atoms with van der Waals surface area (Å²) >= 11 is 0. The van der Waals surface area contributed by atoms with Gasteiger partial charge in [-0.15, -0.1) is 0 Å². The van der Waals surface area contributed by atoms with Crippen molar-refractivity contribution in [3.8, 4) is 23.3 Å². The van der Waals surface area contributed by atoms with Crippen LogP contribution in [0.2, 0.25) is 0 Å². The van der Waals surface area contributed by atoms with Crippen LogP contribution in [0.1, 0.15) is 17.3 Å². The summed E-state index contributed by atoms with van der Waals surface area (Å²) in [7, 11) is 1.47. The summed E-state index contributed by atoms with van der Waals surface area (Å²) in [6, 6.07) is 13.5. The SMILES string of the molecule is COc1cccc2cc(C(=O)NCC#CCOc3cccc(NC(C)=O)c3)c(=O)oc12. The summed E-state index contributed by atoms with van der Waals surface area (Å²) in [5.74, 6) is 5.72. The van der Waals surface area contributed by atoms with E-state index in [0.717, 1.165) is 0 Å². The number of benzene rings is 2. The topological polar surface area (TPSA) is 107 Å². The molecule has 158 valence electrons. The number of anilines is 1. The van der Waals surface area contributed by atoms with Crippen molar-refractivity contribution in [2.75, 3.05) is 25.6 Å². The Morgan fingerprint density at radius 1 is 1.10 bits per heavy atom. The molecule has 0 atom stereocenters. The summed E-state index contributed by atoms with van der Waals surface area (Å²) in [6.07, 6.45) is 0. The van der Waals surface area contributed by atoms with Crippen LogP contribution in [0.15, 0.2) is 57.7 Å². The van der Waals surface area contributed by atoms with E-state index < -0.39 is 11.5 Å². The number of hydrogen-bond donors (Lipinski definition) is 2. The summed E-state index contributed by atoms with van der Waals surface area (Å²) in [4.78, 5) is 35.6. The molecule has 31 heavy (non-hydrogen) atoms. The van der Waals surface area contributed by atoms with Crippen molar-refractivity contribution >= 4 is 28.5 Å². The van der Waals surface area contributed by atoms with E-state index in [1.807, 2.05) is 0 Å². The van der Waals surface area contributed by atoms with Crippen LogP contribution < -0.4 is 25.7 Å². The van der Waals surface area contributed by atoms with Gasteiger partial charge in [0.15, 0.2) is 11.3 Å². The van der Waals surface area contributed by atoms with Crippen molar-refractivity contribution in [2.24, 2.45) is 0 Å². The first-order chi connectivity index (χ1) is 15.0. The zero-order valence-electron chi connectivity index (χ0n) is 17.0. The third-order valence-corrected chi connectivity index (χ3v) is 4.12. The molecule has 8 nitrogen and oxygen atoms in total. The minimum Gasteiger partial charge on any atom is -0.493 e. The van der Waals surface area contributed by atoms with Crippen molar-refractivity contribution in [3.63, 3.8) is 0 Å². The van der Waals surface area contributed by atoms with E-state index in [0.29, 0.717) is 22.6 Å². The van der Waals surface area contributed by atoms with Crippen LogP contribution >= 0.6 is 0 Å². The van der Waals surface area contributed by atoms with Gasteiger partial charge < -0.3 is 24.5 Å². The number of amides is 2. The maximum absolute atomic E-state index is 12.3. The van der Waals surface area contributed by atoms with Crippen LogP contribution in [0.25, 0.3) is 11.0 Å². The van der Waals surface area contributed by atoms with E-state index in [-0.39, 0.29) is 30.2 Å². The summed E-state index contributed by atoms with van der Waals surface area (Å²) < 4.78 is 15.9. The van der Waals surface area contributed by atoms with Gasteiger partial charge in [-0.05, 0) is 24.3 Å². The van der Waals surface area contributed by atoms with Crippen LogP contribution in [0.3, 0.4) is 0 Å². The molecule has 0 saturated carbocycles. The van der Waals surface area contributed by atoms with Gasteiger partial charge in [-0.25, -0.2) is 4.79 Å². The number of para-hydroxylation sites is 1. The predicted octanol–water partition coefficient (Wildman–Crippen LogP) is 2.57. The molecule has 0 aliphatic rings. The average molecular weight is 420 g/mol. The molecule has 3 rings (SSSR count). The van der Waals surface area contributed by atoms with E-state index >= 15 is 0 Å². The highest BCUT2D eigenvalue weighted by Gasteiger charge is 2.14. The zero-order chi connectivity index (χ0) is 22.2. The van der Waals surface area contributed by atoms with Gasteiger partial charge in [0.1, 0.15) is 17.9 Å². The smallest absolute Gasteiger partial charge is 0.349 e. The first-order valence-corrected chi connectivity index (χ1v) is 9.33. The maximum atomic E-state index is 12.3. The molecular formula is C23H20N2O6. The Balaban J connectivity index is 1.55. The fourth-order valence-corrected chi connectivity index (χ4v) is 2.76. The Hall–Kier alpha value is -4.25. The first-order valence-electron chi connectivity index (χ1n) is 9.33. The summed E-state index contributed by atoms with van der Waals surface area (Å²) in [6.45, 7) is 1.55. The molecule has 0 radical (unpaired) electrons. The molecule has 0 aliphatic carbocycles. The Bertz CT molecular complexity index is 1240. The predicted molar refractivity (Wildman–Crippen MR) is 115 cm³/mol. The number of hydrogen-bond acceptors (Lipinski definition) is 6. The third-order valence-electron chi connectivity index (χ3n) is 4.12. The van der Waals surface area contributed by atoms with Crippen LogP contribution in [0.4, 0.5) is 5.69 Å². The number of carbonyl (C=O) groups excluding carboxylic acids is 2.